The van der Waals surface area contributed by atoms with Crippen molar-refractivity contribution in [1.82, 2.24) is 0 Å². The zero-order chi connectivity index (χ0) is 12.3. The summed E-state index contributed by atoms with van der Waals surface area (Å²) in [6.45, 7) is 4.35. The molecule has 0 aliphatic heterocycles. The molecule has 0 spiro atoms. The van der Waals surface area contributed by atoms with Crippen LogP contribution in [-0.4, -0.2) is 0 Å². The van der Waals surface area contributed by atoms with E-state index in [1.54, 1.807) is 0 Å². The van der Waals surface area contributed by atoms with Gasteiger partial charge in [0.2, 0.25) is 0 Å². The number of benzene rings is 1. The lowest BCUT2D eigenvalue weighted by atomic mass is 9.67. The third-order valence-electron chi connectivity index (χ3n) is 3.70. The lowest BCUT2D eigenvalue weighted by Gasteiger charge is -2.35. The molecule has 0 N–H and O–H groups in total. The van der Waals surface area contributed by atoms with Crippen LogP contribution < -0.4 is 0 Å². The summed E-state index contributed by atoms with van der Waals surface area (Å²) in [5.41, 5.74) is 2.55. The minimum Gasteiger partial charge on any atom is -0.198 e. The first-order valence-corrected chi connectivity index (χ1v) is 5.97. The van der Waals surface area contributed by atoms with Gasteiger partial charge in [0.1, 0.15) is 0 Å². The summed E-state index contributed by atoms with van der Waals surface area (Å²) in [5, 5.41) is 8.96. The molecule has 0 radical (unpaired) electrons. The molecular weight excluding hydrogens is 206 g/mol. The zero-order valence-corrected chi connectivity index (χ0v) is 10.4. The molecule has 0 aromatic heterocycles. The molecule has 2 rings (SSSR count). The highest BCUT2D eigenvalue weighted by Crippen LogP contribution is 2.39. The monoisotopic (exact) mass is 223 g/mol. The highest BCUT2D eigenvalue weighted by molar-refractivity contribution is 5.41. The van der Waals surface area contributed by atoms with E-state index in [1.165, 1.54) is 11.1 Å². The fourth-order valence-corrected chi connectivity index (χ4v) is 2.62. The van der Waals surface area contributed by atoms with Crippen LogP contribution in [0.1, 0.15) is 24.5 Å². The molecule has 17 heavy (non-hydrogen) atoms. The standard InChI is InChI=1S/C16H17N/c1-13-7-3-4-9-15(13)16(2)11-6-5-8-14(16)10-12-17/h3-9,11,14H,10H2,1-2H3. The maximum Gasteiger partial charge on any atom is 0.0628 e. The molecule has 0 saturated heterocycles. The molecule has 86 valence electrons. The molecule has 0 bridgehead atoms. The van der Waals surface area contributed by atoms with E-state index in [2.05, 4.69) is 62.4 Å². The Morgan fingerprint density at radius 1 is 1.29 bits per heavy atom. The summed E-state index contributed by atoms with van der Waals surface area (Å²) in [6.07, 6.45) is 9.06. The van der Waals surface area contributed by atoms with Crippen molar-refractivity contribution in [3.63, 3.8) is 0 Å². The van der Waals surface area contributed by atoms with Gasteiger partial charge in [-0.2, -0.15) is 5.26 Å². The first-order valence-electron chi connectivity index (χ1n) is 5.97. The molecule has 0 heterocycles. The van der Waals surface area contributed by atoms with Crippen molar-refractivity contribution >= 4 is 0 Å². The van der Waals surface area contributed by atoms with Crippen LogP contribution in [0.3, 0.4) is 0 Å². The third-order valence-corrected chi connectivity index (χ3v) is 3.70. The van der Waals surface area contributed by atoms with Gasteiger partial charge in [0, 0.05) is 17.8 Å². The van der Waals surface area contributed by atoms with Crippen molar-refractivity contribution in [3.8, 4) is 6.07 Å². The molecule has 1 aliphatic carbocycles. The summed E-state index contributed by atoms with van der Waals surface area (Å²) in [5.74, 6) is 0.263. The van der Waals surface area contributed by atoms with Crippen molar-refractivity contribution < 1.29 is 0 Å². The maximum absolute atomic E-state index is 8.96. The summed E-state index contributed by atoms with van der Waals surface area (Å²) < 4.78 is 0. The van der Waals surface area contributed by atoms with Crippen molar-refractivity contribution in [1.29, 1.82) is 5.26 Å². The quantitative estimate of drug-likeness (QED) is 0.745. The lowest BCUT2D eigenvalue weighted by Crippen LogP contribution is -2.30. The van der Waals surface area contributed by atoms with Crippen LogP contribution >= 0.6 is 0 Å². The molecule has 0 fully saturated rings. The van der Waals surface area contributed by atoms with Crippen LogP contribution in [0, 0.1) is 24.2 Å². The van der Waals surface area contributed by atoms with Crippen molar-refractivity contribution in [2.45, 2.75) is 25.7 Å². The number of hydrogen-bond donors (Lipinski definition) is 0. The second-order valence-corrected chi connectivity index (χ2v) is 4.81. The van der Waals surface area contributed by atoms with E-state index in [1.807, 2.05) is 6.08 Å². The van der Waals surface area contributed by atoms with Crippen LogP contribution in [-0.2, 0) is 5.41 Å². The topological polar surface area (TPSA) is 23.8 Å². The summed E-state index contributed by atoms with van der Waals surface area (Å²) in [6, 6.07) is 10.7. The summed E-state index contributed by atoms with van der Waals surface area (Å²) in [7, 11) is 0. The van der Waals surface area contributed by atoms with E-state index >= 15 is 0 Å². The van der Waals surface area contributed by atoms with E-state index in [-0.39, 0.29) is 11.3 Å². The Morgan fingerprint density at radius 2 is 2.06 bits per heavy atom. The molecule has 1 aromatic rings. The minimum absolute atomic E-state index is 0.0597. The number of aryl methyl sites for hydroxylation is 1. The highest BCUT2D eigenvalue weighted by Gasteiger charge is 2.33. The van der Waals surface area contributed by atoms with Crippen molar-refractivity contribution in [3.05, 3.63) is 59.7 Å². The Bertz CT molecular complexity index is 505. The van der Waals surface area contributed by atoms with Gasteiger partial charge in [-0.3, -0.25) is 0 Å². The number of nitrogens with zero attached hydrogens (tertiary/aromatic N) is 1. The van der Waals surface area contributed by atoms with Gasteiger partial charge in [0.15, 0.2) is 0 Å². The van der Waals surface area contributed by atoms with Gasteiger partial charge in [-0.05, 0) is 18.1 Å². The SMILES string of the molecule is Cc1ccccc1C1(C)C=CC=CC1CC#N. The van der Waals surface area contributed by atoms with Crippen LogP contribution in [0.25, 0.3) is 0 Å². The molecule has 1 heteroatoms. The lowest BCUT2D eigenvalue weighted by molar-refractivity contribution is 0.430. The van der Waals surface area contributed by atoms with Crippen molar-refractivity contribution in [2.75, 3.05) is 0 Å². The predicted octanol–water partition coefficient (Wildman–Crippen LogP) is 3.91. The first kappa shape index (κ1) is 11.7. The fraction of sp³-hybridized carbons (Fsp3) is 0.312. The normalized spacial score (nSPS) is 26.8. The molecular formula is C16H17N. The average Bonchev–Trinajstić information content (AvgIpc) is 2.33. The maximum atomic E-state index is 8.96. The van der Waals surface area contributed by atoms with E-state index in [0.29, 0.717) is 6.42 Å². The first-order chi connectivity index (χ1) is 8.18. The van der Waals surface area contributed by atoms with Gasteiger partial charge in [0.05, 0.1) is 6.07 Å². The van der Waals surface area contributed by atoms with Crippen LogP contribution in [0.15, 0.2) is 48.6 Å². The summed E-state index contributed by atoms with van der Waals surface area (Å²) >= 11 is 0. The Hall–Kier alpha value is -1.81. The molecule has 0 saturated carbocycles. The molecule has 1 nitrogen and oxygen atoms in total. The number of allylic oxidation sites excluding steroid dienone is 4. The molecule has 1 aromatic carbocycles. The molecule has 2 atom stereocenters. The molecule has 2 unspecified atom stereocenters. The van der Waals surface area contributed by atoms with Gasteiger partial charge in [0.25, 0.3) is 0 Å². The summed E-state index contributed by atoms with van der Waals surface area (Å²) in [4.78, 5) is 0. The second kappa shape index (κ2) is 4.59. The fourth-order valence-electron chi connectivity index (χ4n) is 2.62. The van der Waals surface area contributed by atoms with Gasteiger partial charge in [-0.25, -0.2) is 0 Å². The number of rotatable bonds is 2. The van der Waals surface area contributed by atoms with Crippen LogP contribution in [0.2, 0.25) is 0 Å². The zero-order valence-electron chi connectivity index (χ0n) is 10.4. The van der Waals surface area contributed by atoms with Crippen molar-refractivity contribution in [2.24, 2.45) is 5.92 Å². The van der Waals surface area contributed by atoms with Gasteiger partial charge in [-0.15, -0.1) is 0 Å². The van der Waals surface area contributed by atoms with Crippen LogP contribution in [0.5, 0.6) is 0 Å². The predicted molar refractivity (Wildman–Crippen MR) is 70.5 cm³/mol. The van der Waals surface area contributed by atoms with E-state index < -0.39 is 0 Å². The molecule has 1 aliphatic rings. The second-order valence-electron chi connectivity index (χ2n) is 4.81. The van der Waals surface area contributed by atoms with Gasteiger partial charge < -0.3 is 0 Å². The number of nitriles is 1. The Labute approximate surface area is 103 Å². The van der Waals surface area contributed by atoms with Crippen LogP contribution in [0.4, 0.5) is 0 Å². The number of hydrogen-bond acceptors (Lipinski definition) is 1. The Balaban J connectivity index is 2.47. The van der Waals surface area contributed by atoms with Gasteiger partial charge in [-0.1, -0.05) is 55.5 Å². The average molecular weight is 223 g/mol. The van der Waals surface area contributed by atoms with Gasteiger partial charge >= 0.3 is 0 Å². The molecule has 0 amide bonds. The Morgan fingerprint density at radius 3 is 2.76 bits per heavy atom. The smallest absolute Gasteiger partial charge is 0.0628 e. The minimum atomic E-state index is -0.0597. The van der Waals surface area contributed by atoms with E-state index in [9.17, 15) is 0 Å². The highest BCUT2D eigenvalue weighted by atomic mass is 14.4. The largest absolute Gasteiger partial charge is 0.198 e. The van der Waals surface area contributed by atoms with E-state index in [0.717, 1.165) is 0 Å². The third kappa shape index (κ3) is 2.03. The van der Waals surface area contributed by atoms with E-state index in [4.69, 9.17) is 5.26 Å². The Kier molecular flexibility index (Phi) is 3.15.